The van der Waals surface area contributed by atoms with Gasteiger partial charge in [-0.2, -0.15) is 0 Å². The second-order valence-electron chi connectivity index (χ2n) is 7.97. The first-order valence-corrected chi connectivity index (χ1v) is 8.49. The molecule has 9 atom stereocenters. The zero-order chi connectivity index (χ0) is 16.7. The van der Waals surface area contributed by atoms with E-state index in [1.807, 2.05) is 13.0 Å². The standard InChI is InChI=1S/C18H22O5/c1-7-3-4-8(2)18(17(22)23)14(7)15(20)12-9-5-10(11(19)6-9)13(12)16(18)21/h3-4,7-14,19H,5-6H2,1-2H3,(H,22,23)/t7-,8+,9-,10+,11+,12?,13?,14-,18-/m0/s1. The third kappa shape index (κ3) is 1.54. The van der Waals surface area contributed by atoms with Gasteiger partial charge in [0.15, 0.2) is 5.78 Å². The van der Waals surface area contributed by atoms with Crippen LogP contribution in [0.1, 0.15) is 26.7 Å². The molecule has 0 aromatic heterocycles. The van der Waals surface area contributed by atoms with Crippen molar-refractivity contribution in [2.24, 2.45) is 46.8 Å². The van der Waals surface area contributed by atoms with Crippen LogP contribution in [0.2, 0.25) is 0 Å². The monoisotopic (exact) mass is 318 g/mol. The third-order valence-corrected chi connectivity index (χ3v) is 7.11. The molecule has 0 amide bonds. The molecule has 4 aliphatic carbocycles. The van der Waals surface area contributed by atoms with E-state index in [9.17, 15) is 24.6 Å². The van der Waals surface area contributed by atoms with E-state index < -0.39 is 35.2 Å². The summed E-state index contributed by atoms with van der Waals surface area (Å²) in [6, 6.07) is 0. The Bertz CT molecular complexity index is 637. The Labute approximate surface area is 134 Å². The van der Waals surface area contributed by atoms with Crippen molar-refractivity contribution in [1.29, 1.82) is 0 Å². The van der Waals surface area contributed by atoms with Gasteiger partial charge in [-0.25, -0.2) is 0 Å². The van der Waals surface area contributed by atoms with Gasteiger partial charge in [0.2, 0.25) is 0 Å². The molecule has 2 bridgehead atoms. The molecule has 2 unspecified atom stereocenters. The molecule has 0 aromatic carbocycles. The predicted molar refractivity (Wildman–Crippen MR) is 80.2 cm³/mol. The van der Waals surface area contributed by atoms with E-state index in [-0.39, 0.29) is 35.2 Å². The largest absolute Gasteiger partial charge is 0.480 e. The van der Waals surface area contributed by atoms with Gasteiger partial charge in [0.1, 0.15) is 11.2 Å². The van der Waals surface area contributed by atoms with Gasteiger partial charge < -0.3 is 10.2 Å². The average Bonchev–Trinajstić information content (AvgIpc) is 3.03. The summed E-state index contributed by atoms with van der Waals surface area (Å²) in [5.74, 6) is -4.26. The van der Waals surface area contributed by atoms with Gasteiger partial charge >= 0.3 is 5.97 Å². The van der Waals surface area contributed by atoms with Crippen LogP contribution in [0.15, 0.2) is 12.2 Å². The molecule has 4 aliphatic rings. The SMILES string of the molecule is C[C@@H]1C=C[C@H](C)[C@H]2C(=O)C3C(C(=O)[C@]12C(=O)O)[C@@H]1C[C@H]3C[C@H]1O. The van der Waals surface area contributed by atoms with Crippen LogP contribution in [0, 0.1) is 46.8 Å². The summed E-state index contributed by atoms with van der Waals surface area (Å²) >= 11 is 0. The maximum Gasteiger partial charge on any atom is 0.318 e. The second kappa shape index (κ2) is 4.53. The number of carbonyl (C=O) groups is 3. The fourth-order valence-corrected chi connectivity index (χ4v) is 6.17. The lowest BCUT2D eigenvalue weighted by Crippen LogP contribution is -2.65. The fraction of sp³-hybridized carbons (Fsp3) is 0.722. The molecule has 5 heteroatoms. The van der Waals surface area contributed by atoms with Crippen molar-refractivity contribution in [3.05, 3.63) is 12.2 Å². The molecule has 0 aromatic rings. The van der Waals surface area contributed by atoms with Crippen LogP contribution in [0.5, 0.6) is 0 Å². The smallest absolute Gasteiger partial charge is 0.318 e. The maximum absolute atomic E-state index is 13.4. The van der Waals surface area contributed by atoms with Gasteiger partial charge in [-0.3, -0.25) is 14.4 Å². The van der Waals surface area contributed by atoms with Crippen LogP contribution in [0.4, 0.5) is 0 Å². The van der Waals surface area contributed by atoms with Crippen molar-refractivity contribution in [3.8, 4) is 0 Å². The third-order valence-electron chi connectivity index (χ3n) is 7.11. The van der Waals surface area contributed by atoms with Crippen LogP contribution >= 0.6 is 0 Å². The lowest BCUT2D eigenvalue weighted by molar-refractivity contribution is -0.180. The minimum Gasteiger partial charge on any atom is -0.480 e. The first-order chi connectivity index (χ1) is 10.8. The highest BCUT2D eigenvalue weighted by atomic mass is 16.4. The van der Waals surface area contributed by atoms with Gasteiger partial charge in [-0.15, -0.1) is 0 Å². The molecule has 4 rings (SSSR count). The number of aliphatic hydroxyl groups excluding tert-OH is 1. The topological polar surface area (TPSA) is 91.7 Å². The van der Waals surface area contributed by atoms with Gasteiger partial charge in [-0.05, 0) is 36.5 Å². The maximum atomic E-state index is 13.4. The molecule has 3 fully saturated rings. The van der Waals surface area contributed by atoms with Crippen LogP contribution in [0.25, 0.3) is 0 Å². The average molecular weight is 318 g/mol. The van der Waals surface area contributed by atoms with E-state index in [1.165, 1.54) is 0 Å². The van der Waals surface area contributed by atoms with Crippen LogP contribution in [-0.2, 0) is 14.4 Å². The zero-order valence-corrected chi connectivity index (χ0v) is 13.3. The minimum atomic E-state index is -1.66. The summed E-state index contributed by atoms with van der Waals surface area (Å²) in [5.41, 5.74) is -1.66. The van der Waals surface area contributed by atoms with Crippen molar-refractivity contribution in [2.45, 2.75) is 32.8 Å². The van der Waals surface area contributed by atoms with Gasteiger partial charge in [0, 0.05) is 17.8 Å². The summed E-state index contributed by atoms with van der Waals surface area (Å²) in [6.07, 6.45) is 4.31. The molecule has 23 heavy (non-hydrogen) atoms. The number of aliphatic carboxylic acids is 1. The van der Waals surface area contributed by atoms with Crippen molar-refractivity contribution in [2.75, 3.05) is 0 Å². The van der Waals surface area contributed by atoms with Gasteiger partial charge in [-0.1, -0.05) is 26.0 Å². The normalized spacial score (nSPS) is 54.0. The lowest BCUT2D eigenvalue weighted by Gasteiger charge is -2.52. The number of allylic oxidation sites excluding steroid dienone is 2. The van der Waals surface area contributed by atoms with E-state index >= 15 is 0 Å². The van der Waals surface area contributed by atoms with E-state index in [1.54, 1.807) is 13.0 Å². The number of carboxylic acids is 1. The Morgan fingerprint density at radius 3 is 2.52 bits per heavy atom. The number of fused-ring (bicyclic) bond motifs is 6. The quantitative estimate of drug-likeness (QED) is 0.562. The Kier molecular flexibility index (Phi) is 2.97. The first-order valence-electron chi connectivity index (χ1n) is 8.49. The lowest BCUT2D eigenvalue weighted by atomic mass is 9.47. The van der Waals surface area contributed by atoms with Crippen molar-refractivity contribution in [1.82, 2.24) is 0 Å². The van der Waals surface area contributed by atoms with Crippen LogP contribution < -0.4 is 0 Å². The molecular formula is C18H22O5. The highest BCUT2D eigenvalue weighted by molar-refractivity contribution is 6.14. The molecule has 124 valence electrons. The molecule has 5 nitrogen and oxygen atoms in total. The van der Waals surface area contributed by atoms with E-state index in [0.29, 0.717) is 12.8 Å². The van der Waals surface area contributed by atoms with E-state index in [2.05, 4.69) is 0 Å². The minimum absolute atomic E-state index is 0.0386. The number of carbonyl (C=O) groups excluding carboxylic acids is 2. The Morgan fingerprint density at radius 1 is 1.17 bits per heavy atom. The molecule has 3 saturated carbocycles. The molecule has 2 N–H and O–H groups in total. The van der Waals surface area contributed by atoms with Crippen LogP contribution in [0.3, 0.4) is 0 Å². The number of aliphatic hydroxyl groups is 1. The van der Waals surface area contributed by atoms with E-state index in [4.69, 9.17) is 0 Å². The molecule has 0 heterocycles. The van der Waals surface area contributed by atoms with Crippen LogP contribution in [-0.4, -0.2) is 33.9 Å². The summed E-state index contributed by atoms with van der Waals surface area (Å²) in [5, 5.41) is 20.2. The Morgan fingerprint density at radius 2 is 1.87 bits per heavy atom. The van der Waals surface area contributed by atoms with Crippen molar-refractivity contribution in [3.63, 3.8) is 0 Å². The molecule has 0 aliphatic heterocycles. The summed E-state index contributed by atoms with van der Waals surface area (Å²) < 4.78 is 0. The number of hydrogen-bond acceptors (Lipinski definition) is 4. The molecular weight excluding hydrogens is 296 g/mol. The number of ketones is 2. The first kappa shape index (κ1) is 15.1. The number of hydrogen-bond donors (Lipinski definition) is 2. The number of rotatable bonds is 1. The Hall–Kier alpha value is -1.49. The number of Topliss-reactive ketones (excluding diaryl/α,β-unsaturated/α-hetero) is 2. The van der Waals surface area contributed by atoms with Crippen molar-refractivity contribution >= 4 is 17.5 Å². The molecule has 0 radical (unpaired) electrons. The summed E-state index contributed by atoms with van der Waals surface area (Å²) in [6.45, 7) is 3.55. The highest BCUT2D eigenvalue weighted by Gasteiger charge is 2.72. The predicted octanol–water partition coefficient (Wildman–Crippen LogP) is 1.30. The summed E-state index contributed by atoms with van der Waals surface area (Å²) in [7, 11) is 0. The molecule has 0 saturated heterocycles. The fourth-order valence-electron chi connectivity index (χ4n) is 6.17. The zero-order valence-electron chi connectivity index (χ0n) is 13.3. The van der Waals surface area contributed by atoms with E-state index in [0.717, 1.165) is 0 Å². The summed E-state index contributed by atoms with van der Waals surface area (Å²) in [4.78, 5) is 38.8. The number of carboxylic acid groups (broad SMARTS) is 1. The molecule has 0 spiro atoms. The van der Waals surface area contributed by atoms with Gasteiger partial charge in [0.05, 0.1) is 6.10 Å². The highest BCUT2D eigenvalue weighted by Crippen LogP contribution is 2.62. The Balaban J connectivity index is 1.90. The van der Waals surface area contributed by atoms with Crippen molar-refractivity contribution < 1.29 is 24.6 Å². The van der Waals surface area contributed by atoms with Gasteiger partial charge in [0.25, 0.3) is 0 Å². The second-order valence-corrected chi connectivity index (χ2v) is 7.97.